The molecule has 1 aromatic carbocycles. The number of esters is 1. The Kier molecular flexibility index (Phi) is 7.40. The molecule has 0 aromatic heterocycles. The van der Waals surface area contributed by atoms with E-state index in [0.717, 1.165) is 18.4 Å². The molecule has 0 bridgehead atoms. The molecule has 1 saturated heterocycles. The molecule has 7 heteroatoms. The van der Waals surface area contributed by atoms with E-state index < -0.39 is 18.2 Å². The molecular formula is C25H36O7. The number of allylic oxidation sites excluding steroid dienone is 1. The summed E-state index contributed by atoms with van der Waals surface area (Å²) in [5.41, 5.74) is 1.10. The van der Waals surface area contributed by atoms with Crippen LogP contribution in [-0.4, -0.2) is 56.3 Å². The van der Waals surface area contributed by atoms with E-state index in [1.54, 1.807) is 12.1 Å². The van der Waals surface area contributed by atoms with Crippen molar-refractivity contribution in [2.24, 2.45) is 11.8 Å². The summed E-state index contributed by atoms with van der Waals surface area (Å²) in [5.74, 6) is 0.477. The van der Waals surface area contributed by atoms with Gasteiger partial charge in [-0.1, -0.05) is 25.5 Å². The highest BCUT2D eigenvalue weighted by molar-refractivity contribution is 5.91. The molecule has 0 unspecified atom stereocenters. The van der Waals surface area contributed by atoms with Crippen LogP contribution in [0.3, 0.4) is 0 Å². The molecule has 32 heavy (non-hydrogen) atoms. The number of aliphatic hydroxyl groups excluding tert-OH is 1. The van der Waals surface area contributed by atoms with Gasteiger partial charge in [0.1, 0.15) is 12.2 Å². The molecule has 1 aromatic rings. The molecule has 3 rings (SSSR count). The minimum Gasteiger partial charge on any atom is -0.493 e. The molecular weight excluding hydrogens is 412 g/mol. The number of epoxide rings is 1. The first-order valence-electron chi connectivity index (χ1n) is 11.2. The minimum atomic E-state index is -0.719. The number of aliphatic hydroxyl groups is 1. The Balaban J connectivity index is 1.93. The van der Waals surface area contributed by atoms with Crippen molar-refractivity contribution in [1.29, 1.82) is 0 Å². The van der Waals surface area contributed by atoms with Gasteiger partial charge in [0.25, 0.3) is 0 Å². The SMILES string of the molecule is COc1cc(C(=O)O[C@H]2C/C(C)=C\CC[C@@]3(C)O[C@@H]3[C@H](O)[C@@H]2C(C)C)cc(OC)c1OC. The number of methoxy groups -OCH3 is 3. The summed E-state index contributed by atoms with van der Waals surface area (Å²) >= 11 is 0. The van der Waals surface area contributed by atoms with Crippen molar-refractivity contribution in [3.63, 3.8) is 0 Å². The summed E-state index contributed by atoms with van der Waals surface area (Å²) in [6.07, 6.45) is 3.00. The number of fused-ring (bicyclic) bond motifs is 1. The highest BCUT2D eigenvalue weighted by Gasteiger charge is 2.58. The summed E-state index contributed by atoms with van der Waals surface area (Å²) in [6.45, 7) is 8.16. The first-order chi connectivity index (χ1) is 15.1. The summed E-state index contributed by atoms with van der Waals surface area (Å²) in [6, 6.07) is 3.16. The van der Waals surface area contributed by atoms with Crippen molar-refractivity contribution in [1.82, 2.24) is 0 Å². The second kappa shape index (κ2) is 9.71. The van der Waals surface area contributed by atoms with Crippen LogP contribution in [-0.2, 0) is 9.47 Å². The van der Waals surface area contributed by atoms with Crippen molar-refractivity contribution in [3.8, 4) is 17.2 Å². The Morgan fingerprint density at radius 3 is 2.31 bits per heavy atom. The van der Waals surface area contributed by atoms with Gasteiger partial charge in [0.15, 0.2) is 11.5 Å². The van der Waals surface area contributed by atoms with Gasteiger partial charge in [-0.2, -0.15) is 0 Å². The molecule has 1 aliphatic heterocycles. The Morgan fingerprint density at radius 2 is 1.78 bits per heavy atom. The van der Waals surface area contributed by atoms with E-state index in [-0.39, 0.29) is 23.5 Å². The van der Waals surface area contributed by atoms with Gasteiger partial charge in [-0.15, -0.1) is 0 Å². The first kappa shape index (κ1) is 24.4. The van der Waals surface area contributed by atoms with Crippen LogP contribution in [0.2, 0.25) is 0 Å². The van der Waals surface area contributed by atoms with Crippen LogP contribution in [0, 0.1) is 11.8 Å². The van der Waals surface area contributed by atoms with Crippen LogP contribution in [0.5, 0.6) is 17.2 Å². The average molecular weight is 449 g/mol. The van der Waals surface area contributed by atoms with Gasteiger partial charge >= 0.3 is 5.97 Å². The van der Waals surface area contributed by atoms with E-state index in [2.05, 4.69) is 6.08 Å². The Morgan fingerprint density at radius 1 is 1.16 bits per heavy atom. The maximum Gasteiger partial charge on any atom is 0.338 e. The van der Waals surface area contributed by atoms with E-state index >= 15 is 0 Å². The van der Waals surface area contributed by atoms with Gasteiger partial charge in [-0.05, 0) is 44.7 Å². The lowest BCUT2D eigenvalue weighted by molar-refractivity contribution is -0.0419. The number of rotatable bonds is 6. The van der Waals surface area contributed by atoms with Crippen LogP contribution in [0.1, 0.15) is 57.3 Å². The van der Waals surface area contributed by atoms with Crippen LogP contribution in [0.15, 0.2) is 23.8 Å². The maximum absolute atomic E-state index is 13.2. The Hall–Kier alpha value is -2.25. The maximum atomic E-state index is 13.2. The van der Waals surface area contributed by atoms with Gasteiger partial charge in [-0.25, -0.2) is 4.79 Å². The average Bonchev–Trinajstić information content (AvgIpc) is 3.43. The monoisotopic (exact) mass is 448 g/mol. The topological polar surface area (TPSA) is 86.8 Å². The smallest absolute Gasteiger partial charge is 0.338 e. The van der Waals surface area contributed by atoms with E-state index in [1.165, 1.54) is 21.3 Å². The fourth-order valence-electron chi connectivity index (χ4n) is 4.80. The summed E-state index contributed by atoms with van der Waals surface area (Å²) in [4.78, 5) is 13.2. The predicted molar refractivity (Wildman–Crippen MR) is 121 cm³/mol. The molecule has 5 atom stereocenters. The summed E-state index contributed by atoms with van der Waals surface area (Å²) < 4.78 is 28.1. The number of hydrogen-bond acceptors (Lipinski definition) is 7. The Bertz CT molecular complexity index is 837. The van der Waals surface area contributed by atoms with Crippen molar-refractivity contribution in [2.45, 2.75) is 70.9 Å². The van der Waals surface area contributed by atoms with Crippen LogP contribution in [0.25, 0.3) is 0 Å². The van der Waals surface area contributed by atoms with E-state index in [9.17, 15) is 9.90 Å². The molecule has 2 aliphatic rings. The second-order valence-electron chi connectivity index (χ2n) is 9.31. The minimum absolute atomic E-state index is 0.0865. The first-order valence-corrected chi connectivity index (χ1v) is 11.2. The van der Waals surface area contributed by atoms with Gasteiger partial charge in [0.05, 0.1) is 38.6 Å². The largest absolute Gasteiger partial charge is 0.493 e. The molecule has 1 N–H and O–H groups in total. The number of carbonyl (C=O) groups is 1. The third-order valence-electron chi connectivity index (χ3n) is 6.66. The number of benzene rings is 1. The summed E-state index contributed by atoms with van der Waals surface area (Å²) in [5, 5.41) is 11.2. The highest BCUT2D eigenvalue weighted by atomic mass is 16.6. The van der Waals surface area contributed by atoms with Gasteiger partial charge in [0.2, 0.25) is 5.75 Å². The van der Waals surface area contributed by atoms with Gasteiger partial charge in [-0.3, -0.25) is 0 Å². The molecule has 0 radical (unpaired) electrons. The van der Waals surface area contributed by atoms with E-state index in [1.807, 2.05) is 27.7 Å². The van der Waals surface area contributed by atoms with Crippen LogP contribution >= 0.6 is 0 Å². The second-order valence-corrected chi connectivity index (χ2v) is 9.31. The lowest BCUT2D eigenvalue weighted by Gasteiger charge is -2.34. The lowest BCUT2D eigenvalue weighted by Crippen LogP contribution is -2.43. The quantitative estimate of drug-likeness (QED) is 0.397. The van der Waals surface area contributed by atoms with Crippen LogP contribution in [0.4, 0.5) is 0 Å². The highest BCUT2D eigenvalue weighted by Crippen LogP contribution is 2.47. The molecule has 178 valence electrons. The fourth-order valence-corrected chi connectivity index (χ4v) is 4.80. The standard InChI is InChI=1S/C25H36O7/c1-14(2)20-17(11-15(3)9-8-10-25(4)23(32-25)21(20)26)31-24(27)16-12-18(28-5)22(30-7)19(13-16)29-6/h9,12-14,17,20-21,23,26H,8,10-11H2,1-7H3/b15-9-/t17-,20+,21+,23+,25+/m0/s1. The number of carbonyl (C=O) groups excluding carboxylic acids is 1. The zero-order valence-electron chi connectivity index (χ0n) is 20.1. The van der Waals surface area contributed by atoms with E-state index in [4.69, 9.17) is 23.7 Å². The Labute approximate surface area is 190 Å². The number of hydrogen-bond donors (Lipinski definition) is 1. The third kappa shape index (κ3) is 4.89. The molecule has 0 spiro atoms. The van der Waals surface area contributed by atoms with Gasteiger partial charge < -0.3 is 28.8 Å². The van der Waals surface area contributed by atoms with Crippen molar-refractivity contribution in [3.05, 3.63) is 29.3 Å². The molecule has 1 heterocycles. The molecule has 1 aliphatic carbocycles. The van der Waals surface area contributed by atoms with Crippen molar-refractivity contribution >= 4 is 5.97 Å². The third-order valence-corrected chi connectivity index (χ3v) is 6.66. The van der Waals surface area contributed by atoms with Crippen molar-refractivity contribution in [2.75, 3.05) is 21.3 Å². The number of ether oxygens (including phenoxy) is 5. The van der Waals surface area contributed by atoms with E-state index in [0.29, 0.717) is 29.2 Å². The lowest BCUT2D eigenvalue weighted by atomic mass is 9.78. The van der Waals surface area contributed by atoms with Crippen LogP contribution < -0.4 is 14.2 Å². The normalized spacial score (nSPS) is 31.7. The zero-order valence-corrected chi connectivity index (χ0v) is 20.1. The van der Waals surface area contributed by atoms with Gasteiger partial charge in [0, 0.05) is 12.3 Å². The summed E-state index contributed by atoms with van der Waals surface area (Å²) in [7, 11) is 4.51. The fraction of sp³-hybridized carbons (Fsp3) is 0.640. The predicted octanol–water partition coefficient (Wildman–Crippen LogP) is 4.16. The van der Waals surface area contributed by atoms with Crippen molar-refractivity contribution < 1.29 is 33.6 Å². The molecule has 7 nitrogen and oxygen atoms in total. The molecule has 0 amide bonds. The molecule has 1 fully saturated rings. The molecule has 0 saturated carbocycles. The zero-order chi connectivity index (χ0) is 23.6.